The number of carbonyl (C=O) groups excluding carboxylic acids is 2. The van der Waals surface area contributed by atoms with Crippen LogP contribution in [0.3, 0.4) is 0 Å². The first kappa shape index (κ1) is 44.8. The lowest BCUT2D eigenvalue weighted by atomic mass is 9.82. The van der Waals surface area contributed by atoms with Crippen LogP contribution in [-0.4, -0.2) is 95.1 Å². The lowest BCUT2D eigenvalue weighted by molar-refractivity contribution is -0.220. The average molecular weight is 859 g/mol. The number of alkyl halides is 5. The number of halogens is 7. The van der Waals surface area contributed by atoms with Crippen molar-refractivity contribution in [1.29, 1.82) is 0 Å². The zero-order chi connectivity index (χ0) is 44.1. The summed E-state index contributed by atoms with van der Waals surface area (Å²) in [5, 5.41) is 25.5. The molecule has 4 aromatic rings. The van der Waals surface area contributed by atoms with Gasteiger partial charge in [-0.25, -0.2) is 23.2 Å². The smallest absolute Gasteiger partial charge is 0.407 e. The van der Waals surface area contributed by atoms with Gasteiger partial charge in [-0.1, -0.05) is 24.0 Å². The van der Waals surface area contributed by atoms with Crippen LogP contribution in [0.5, 0.6) is 0 Å². The molecule has 5 atom stereocenters. The van der Waals surface area contributed by atoms with Crippen LogP contribution in [0.2, 0.25) is 0 Å². The molecule has 0 spiro atoms. The molecule has 2 amide bonds. The Hall–Kier alpha value is -5.71. The molecule has 2 bridgehead atoms. The molecule has 61 heavy (non-hydrogen) atoms. The number of methoxy groups -OCH3 is 1. The number of carbonyl (C=O) groups is 2. The average Bonchev–Trinajstić information content (AvgIpc) is 3.86. The molecular formula is C42H45F7N8O4. The van der Waals surface area contributed by atoms with Gasteiger partial charge in [-0.15, -0.1) is 0 Å². The highest BCUT2D eigenvalue weighted by atomic mass is 19.4. The molecular weight excluding hydrogens is 814 g/mol. The van der Waals surface area contributed by atoms with Crippen LogP contribution in [0, 0.1) is 28.9 Å². The van der Waals surface area contributed by atoms with Gasteiger partial charge in [0.2, 0.25) is 5.91 Å². The summed E-state index contributed by atoms with van der Waals surface area (Å²) in [6.45, 7) is -0.623. The van der Waals surface area contributed by atoms with Gasteiger partial charge in [0.05, 0.1) is 30.9 Å². The zero-order valence-electron chi connectivity index (χ0n) is 33.4. The van der Waals surface area contributed by atoms with Crippen LogP contribution in [-0.2, 0) is 22.5 Å². The van der Waals surface area contributed by atoms with Crippen LogP contribution in [0.15, 0.2) is 67.1 Å². The summed E-state index contributed by atoms with van der Waals surface area (Å²) in [4.78, 5) is 32.6. The number of hydrogen-bond donors (Lipinski definition) is 5. The standard InChI is InChI=1S/C42H45F7N8O4/c1-41(2,42(47,48)49)37(55-40(60)61-3)38(59)54-34(35(58)20-50-19-31-32(43)15-27(16-33(31)44)28-18-52-57(21-28)39(45)46)14-25-7-4-24(5-8-25)6-9-26-10-13-36(51-17-26)56-22-29-11-12-30(23-56)53-29/h4-5,7-8,10,13,15-18,21,29-30,34-35,37,39,50,53,58H,11-12,14,19-20,22-23H2,1-3H3,(H,54,59)(H,55,60)/t29?,30?,34-,35-,37+/m0/s1. The third-order valence-corrected chi connectivity index (χ3v) is 10.9. The van der Waals surface area contributed by atoms with E-state index < -0.39 is 78.6 Å². The number of aliphatic hydroxyl groups excluding tert-OH is 1. The number of rotatable bonds is 14. The summed E-state index contributed by atoms with van der Waals surface area (Å²) in [6, 6.07) is 9.81. The first-order chi connectivity index (χ1) is 28.9. The predicted octanol–water partition coefficient (Wildman–Crippen LogP) is 5.45. The van der Waals surface area contributed by atoms with Crippen molar-refractivity contribution < 1.29 is 50.2 Å². The van der Waals surface area contributed by atoms with Crippen LogP contribution in [0.4, 0.5) is 41.3 Å². The maximum absolute atomic E-state index is 15.1. The van der Waals surface area contributed by atoms with Crippen molar-refractivity contribution in [3.05, 3.63) is 101 Å². The first-order valence-corrected chi connectivity index (χ1v) is 19.4. The second kappa shape index (κ2) is 18.9. The second-order valence-electron chi connectivity index (χ2n) is 15.6. The molecule has 0 saturated carbocycles. The van der Waals surface area contributed by atoms with E-state index in [2.05, 4.69) is 47.5 Å². The van der Waals surface area contributed by atoms with E-state index in [4.69, 9.17) is 0 Å². The molecule has 2 unspecified atom stereocenters. The Morgan fingerprint density at radius 3 is 2.16 bits per heavy atom. The molecule has 2 aromatic carbocycles. The Balaban J connectivity index is 1.16. The number of alkyl carbamates (subject to hydrolysis) is 1. The minimum Gasteiger partial charge on any atom is -0.453 e. The second-order valence-corrected chi connectivity index (χ2v) is 15.6. The third kappa shape index (κ3) is 11.0. The van der Waals surface area contributed by atoms with Gasteiger partial charge in [0.1, 0.15) is 23.5 Å². The van der Waals surface area contributed by atoms with Gasteiger partial charge in [-0.2, -0.15) is 27.1 Å². The number of aromatic nitrogens is 3. The molecule has 0 radical (unpaired) electrons. The van der Waals surface area contributed by atoms with E-state index in [1.165, 1.54) is 0 Å². The molecule has 4 heterocycles. The summed E-state index contributed by atoms with van der Waals surface area (Å²) >= 11 is 0. The van der Waals surface area contributed by atoms with Gasteiger partial charge in [-0.3, -0.25) is 4.79 Å². The number of piperazine rings is 1. The fraction of sp³-hybridized carbons (Fsp3) is 0.429. The molecule has 2 aliphatic rings. The monoisotopic (exact) mass is 858 g/mol. The molecule has 2 fully saturated rings. The number of ether oxygens (including phenoxy) is 1. The van der Waals surface area contributed by atoms with E-state index in [9.17, 15) is 36.6 Å². The number of fused-ring (bicyclic) bond motifs is 2. The number of aliphatic hydroxyl groups is 1. The Labute approximate surface area is 347 Å². The van der Waals surface area contributed by atoms with Crippen LogP contribution in [0.1, 0.15) is 55.5 Å². The van der Waals surface area contributed by atoms with E-state index in [1.54, 1.807) is 30.5 Å². The van der Waals surface area contributed by atoms with E-state index in [-0.39, 0.29) is 17.5 Å². The van der Waals surface area contributed by atoms with E-state index in [0.29, 0.717) is 33.5 Å². The number of nitrogens with one attached hydrogen (secondary N) is 4. The van der Waals surface area contributed by atoms with Gasteiger partial charge < -0.3 is 36.0 Å². The highest BCUT2D eigenvalue weighted by Crippen LogP contribution is 2.40. The van der Waals surface area contributed by atoms with Gasteiger partial charge in [-0.05, 0) is 80.6 Å². The van der Waals surface area contributed by atoms with E-state index in [1.807, 2.05) is 17.4 Å². The number of nitrogens with zero attached hydrogens (tertiary/aromatic N) is 4. The fourth-order valence-corrected chi connectivity index (χ4v) is 7.24. The lowest BCUT2D eigenvalue weighted by Gasteiger charge is -2.36. The van der Waals surface area contributed by atoms with Crippen molar-refractivity contribution in [2.45, 2.75) is 82.7 Å². The first-order valence-electron chi connectivity index (χ1n) is 19.4. The largest absolute Gasteiger partial charge is 0.453 e. The molecule has 6 rings (SSSR count). The molecule has 0 aliphatic carbocycles. The van der Waals surface area contributed by atoms with Crippen LogP contribution >= 0.6 is 0 Å². The summed E-state index contributed by atoms with van der Waals surface area (Å²) in [5.41, 5.74) is -1.44. The summed E-state index contributed by atoms with van der Waals surface area (Å²) in [5.74, 6) is 3.67. The number of benzene rings is 2. The maximum atomic E-state index is 15.1. The molecule has 326 valence electrons. The Morgan fingerprint density at radius 1 is 0.951 bits per heavy atom. The molecule has 2 saturated heterocycles. The summed E-state index contributed by atoms with van der Waals surface area (Å²) in [6.07, 6.45) is -2.01. The number of hydrogen-bond acceptors (Lipinski definition) is 9. The lowest BCUT2D eigenvalue weighted by Crippen LogP contribution is -2.62. The zero-order valence-corrected chi connectivity index (χ0v) is 33.4. The van der Waals surface area contributed by atoms with Gasteiger partial charge in [0.15, 0.2) is 0 Å². The Bertz CT molecular complexity index is 2190. The fourth-order valence-electron chi connectivity index (χ4n) is 7.24. The van der Waals surface area contributed by atoms with Crippen LogP contribution < -0.4 is 26.2 Å². The maximum Gasteiger partial charge on any atom is 0.407 e. The Kier molecular flexibility index (Phi) is 13.9. The number of amides is 2. The molecule has 5 N–H and O–H groups in total. The van der Waals surface area contributed by atoms with Crippen molar-refractivity contribution in [3.63, 3.8) is 0 Å². The minimum atomic E-state index is -4.97. The van der Waals surface area contributed by atoms with Gasteiger partial charge in [0.25, 0.3) is 0 Å². The summed E-state index contributed by atoms with van der Waals surface area (Å²) in [7, 11) is 0.918. The minimum absolute atomic E-state index is 0.0417. The third-order valence-electron chi connectivity index (χ3n) is 10.9. The molecule has 12 nitrogen and oxygen atoms in total. The SMILES string of the molecule is COC(=O)N[C@H](C(=O)N[C@@H](Cc1ccc(C#Cc2ccc(N3CC4CCC(C3)N4)nc2)cc1)[C@@H](O)CNCc1c(F)cc(-c2cnn(C(F)F)c2)cc1F)C(C)(C)C(F)(F)F. The highest BCUT2D eigenvalue weighted by molar-refractivity contribution is 5.87. The van der Waals surface area contributed by atoms with E-state index in [0.717, 1.165) is 77.2 Å². The van der Waals surface area contributed by atoms with E-state index >= 15 is 8.78 Å². The summed E-state index contributed by atoms with van der Waals surface area (Å²) < 4.78 is 103. The molecule has 2 aromatic heterocycles. The van der Waals surface area contributed by atoms with Crippen molar-refractivity contribution in [2.75, 3.05) is 31.6 Å². The molecule has 19 heteroatoms. The normalized spacial score (nSPS) is 17.9. The highest BCUT2D eigenvalue weighted by Gasteiger charge is 2.56. The van der Waals surface area contributed by atoms with Crippen molar-refractivity contribution >= 4 is 17.8 Å². The topological polar surface area (TPSA) is 146 Å². The number of anilines is 1. The van der Waals surface area contributed by atoms with Crippen molar-refractivity contribution in [1.82, 2.24) is 36.0 Å². The van der Waals surface area contributed by atoms with Crippen molar-refractivity contribution in [2.24, 2.45) is 5.41 Å². The Morgan fingerprint density at radius 2 is 1.59 bits per heavy atom. The molecule has 2 aliphatic heterocycles. The van der Waals surface area contributed by atoms with Gasteiger partial charge >= 0.3 is 18.8 Å². The van der Waals surface area contributed by atoms with Crippen molar-refractivity contribution in [3.8, 4) is 23.0 Å². The number of pyridine rings is 1. The van der Waals surface area contributed by atoms with Gasteiger partial charge in [0, 0.05) is 72.9 Å². The van der Waals surface area contributed by atoms with Crippen LogP contribution in [0.25, 0.3) is 11.1 Å². The predicted molar refractivity (Wildman–Crippen MR) is 210 cm³/mol. The quantitative estimate of drug-likeness (QED) is 0.0827.